The van der Waals surface area contributed by atoms with Crippen LogP contribution < -0.4 is 10.5 Å². The molecular weight excluding hydrogens is 252 g/mol. The Morgan fingerprint density at radius 3 is 2.61 bits per heavy atom. The minimum Gasteiger partial charge on any atom is -0.398 e. The monoisotopic (exact) mass is 266 g/mol. The molecule has 0 saturated heterocycles. The van der Waals surface area contributed by atoms with Crippen LogP contribution in [0.5, 0.6) is 0 Å². The molecule has 2 aromatic rings. The van der Waals surface area contributed by atoms with Gasteiger partial charge in [-0.05, 0) is 31.0 Å². The van der Waals surface area contributed by atoms with Crippen molar-refractivity contribution in [3.63, 3.8) is 0 Å². The second kappa shape index (κ2) is 4.34. The molecule has 0 saturated carbocycles. The zero-order valence-corrected chi connectivity index (χ0v) is 10.9. The van der Waals surface area contributed by atoms with Crippen LogP contribution in [-0.4, -0.2) is 18.6 Å². The van der Waals surface area contributed by atoms with E-state index in [0.717, 1.165) is 5.56 Å². The largest absolute Gasteiger partial charge is 0.398 e. The van der Waals surface area contributed by atoms with E-state index >= 15 is 0 Å². The zero-order chi connectivity index (χ0) is 13.3. The van der Waals surface area contributed by atoms with Crippen LogP contribution in [0.1, 0.15) is 11.1 Å². The highest BCUT2D eigenvalue weighted by atomic mass is 32.2. The van der Waals surface area contributed by atoms with Gasteiger partial charge >= 0.3 is 0 Å². The molecule has 1 aromatic heterocycles. The number of aryl methyl sites for hydroxylation is 1. The summed E-state index contributed by atoms with van der Waals surface area (Å²) in [7, 11) is -3.71. The number of anilines is 2. The van der Waals surface area contributed by atoms with Crippen LogP contribution in [0.2, 0.25) is 0 Å². The second-order valence-corrected chi connectivity index (χ2v) is 5.62. The van der Waals surface area contributed by atoms with E-state index in [1.165, 1.54) is 12.3 Å². The molecule has 4 N–H and O–H groups in total. The average Bonchev–Trinajstić information content (AvgIpc) is 2.75. The van der Waals surface area contributed by atoms with E-state index in [1.807, 2.05) is 6.92 Å². The highest BCUT2D eigenvalue weighted by Gasteiger charge is 2.21. The van der Waals surface area contributed by atoms with Crippen molar-refractivity contribution in [1.82, 2.24) is 10.2 Å². The van der Waals surface area contributed by atoms with Crippen molar-refractivity contribution in [2.24, 2.45) is 0 Å². The maximum Gasteiger partial charge on any atom is 0.265 e. The highest BCUT2D eigenvalue weighted by molar-refractivity contribution is 7.93. The second-order valence-electron chi connectivity index (χ2n) is 4.00. The van der Waals surface area contributed by atoms with Crippen LogP contribution in [0.25, 0.3) is 0 Å². The Morgan fingerprint density at radius 2 is 2.00 bits per heavy atom. The van der Waals surface area contributed by atoms with Crippen LogP contribution >= 0.6 is 0 Å². The van der Waals surface area contributed by atoms with Crippen LogP contribution in [0.3, 0.4) is 0 Å². The predicted octanol–water partition coefficient (Wildman–Crippen LogP) is 1.41. The van der Waals surface area contributed by atoms with Crippen LogP contribution in [0.4, 0.5) is 11.5 Å². The summed E-state index contributed by atoms with van der Waals surface area (Å²) in [5.74, 6) is 0.301. The molecule has 0 fully saturated rings. The zero-order valence-electron chi connectivity index (χ0n) is 10.1. The quantitative estimate of drug-likeness (QED) is 0.731. The molecular formula is C11H14N4O2S. The number of benzene rings is 1. The van der Waals surface area contributed by atoms with Crippen molar-refractivity contribution in [2.45, 2.75) is 18.7 Å². The molecule has 1 heterocycles. The van der Waals surface area contributed by atoms with Crippen molar-refractivity contribution in [1.29, 1.82) is 0 Å². The lowest BCUT2D eigenvalue weighted by atomic mass is 10.1. The number of nitrogens with two attached hydrogens (primary N) is 1. The van der Waals surface area contributed by atoms with Gasteiger partial charge in [0, 0.05) is 6.07 Å². The normalized spacial score (nSPS) is 11.4. The molecule has 0 amide bonds. The minimum atomic E-state index is -3.71. The van der Waals surface area contributed by atoms with Gasteiger partial charge in [0.05, 0.1) is 11.9 Å². The summed E-state index contributed by atoms with van der Waals surface area (Å²) in [4.78, 5) is 0.108. The van der Waals surface area contributed by atoms with Gasteiger partial charge in [-0.15, -0.1) is 0 Å². The first-order valence-electron chi connectivity index (χ1n) is 5.29. The van der Waals surface area contributed by atoms with Crippen molar-refractivity contribution in [3.05, 3.63) is 35.5 Å². The maximum atomic E-state index is 12.3. The fourth-order valence-electron chi connectivity index (χ4n) is 1.68. The van der Waals surface area contributed by atoms with E-state index in [2.05, 4.69) is 14.9 Å². The Hall–Kier alpha value is -2.02. The van der Waals surface area contributed by atoms with Crippen molar-refractivity contribution < 1.29 is 8.42 Å². The maximum absolute atomic E-state index is 12.3. The van der Waals surface area contributed by atoms with Gasteiger partial charge in [0.25, 0.3) is 10.0 Å². The molecule has 2 rings (SSSR count). The molecule has 18 heavy (non-hydrogen) atoms. The van der Waals surface area contributed by atoms with E-state index in [-0.39, 0.29) is 10.6 Å². The molecule has 96 valence electrons. The number of hydrogen-bond donors (Lipinski definition) is 3. The molecule has 1 aromatic carbocycles. The highest BCUT2D eigenvalue weighted by Crippen LogP contribution is 2.26. The van der Waals surface area contributed by atoms with E-state index in [9.17, 15) is 8.42 Å². The number of nitrogen functional groups attached to an aromatic ring is 1. The number of sulfonamides is 1. The summed E-state index contributed by atoms with van der Waals surface area (Å²) >= 11 is 0. The summed E-state index contributed by atoms with van der Waals surface area (Å²) < 4.78 is 26.9. The summed E-state index contributed by atoms with van der Waals surface area (Å²) in [6.45, 7) is 3.57. The molecule has 0 radical (unpaired) electrons. The molecule has 0 aliphatic heterocycles. The van der Waals surface area contributed by atoms with Gasteiger partial charge in [0.15, 0.2) is 0 Å². The number of aromatic amines is 1. The molecule has 0 atom stereocenters. The van der Waals surface area contributed by atoms with Crippen LogP contribution in [0.15, 0.2) is 29.3 Å². The van der Waals surface area contributed by atoms with Crippen molar-refractivity contribution in [3.8, 4) is 0 Å². The molecule has 0 aliphatic rings. The lowest BCUT2D eigenvalue weighted by Crippen LogP contribution is -2.17. The third-order valence-corrected chi connectivity index (χ3v) is 4.29. The smallest absolute Gasteiger partial charge is 0.265 e. The number of aromatic nitrogens is 2. The van der Waals surface area contributed by atoms with Gasteiger partial charge in [-0.1, -0.05) is 6.07 Å². The van der Waals surface area contributed by atoms with Gasteiger partial charge in [-0.3, -0.25) is 9.82 Å². The minimum absolute atomic E-state index is 0.108. The van der Waals surface area contributed by atoms with E-state index in [0.29, 0.717) is 11.4 Å². The Labute approximate surface area is 105 Å². The van der Waals surface area contributed by atoms with Crippen LogP contribution in [-0.2, 0) is 10.0 Å². The van der Waals surface area contributed by atoms with Crippen LogP contribution in [0, 0.1) is 13.8 Å². The molecule has 0 bridgehead atoms. The fourth-order valence-corrected chi connectivity index (χ4v) is 3.12. The Kier molecular flexibility index (Phi) is 3.00. The average molecular weight is 266 g/mol. The Morgan fingerprint density at radius 1 is 1.28 bits per heavy atom. The first-order chi connectivity index (χ1) is 8.42. The first kappa shape index (κ1) is 12.4. The first-order valence-corrected chi connectivity index (χ1v) is 6.78. The molecule has 0 unspecified atom stereocenters. The van der Waals surface area contributed by atoms with Gasteiger partial charge in [0.2, 0.25) is 0 Å². The number of rotatable bonds is 3. The topological polar surface area (TPSA) is 101 Å². The SMILES string of the molecule is Cc1ccc(N)c(S(=O)(=O)Nc2ccn[nH]2)c1C. The Balaban J connectivity index is 2.51. The lowest BCUT2D eigenvalue weighted by molar-refractivity contribution is 0.600. The number of hydrogen-bond acceptors (Lipinski definition) is 4. The third kappa shape index (κ3) is 2.17. The molecule has 0 aliphatic carbocycles. The third-order valence-electron chi connectivity index (χ3n) is 2.72. The van der Waals surface area contributed by atoms with Gasteiger partial charge in [-0.2, -0.15) is 5.10 Å². The van der Waals surface area contributed by atoms with Gasteiger partial charge in [-0.25, -0.2) is 8.42 Å². The van der Waals surface area contributed by atoms with Gasteiger partial charge in [0.1, 0.15) is 10.7 Å². The number of nitrogens with zero attached hydrogens (tertiary/aromatic N) is 1. The van der Waals surface area contributed by atoms with Gasteiger partial charge < -0.3 is 5.73 Å². The predicted molar refractivity (Wildman–Crippen MR) is 69.7 cm³/mol. The summed E-state index contributed by atoms with van der Waals surface area (Å²) in [5.41, 5.74) is 7.50. The number of H-pyrrole nitrogens is 1. The molecule has 0 spiro atoms. The summed E-state index contributed by atoms with van der Waals surface area (Å²) in [6.07, 6.45) is 1.46. The summed E-state index contributed by atoms with van der Waals surface area (Å²) in [5, 5.41) is 6.21. The number of nitrogens with one attached hydrogen (secondary N) is 2. The van der Waals surface area contributed by atoms with Crippen molar-refractivity contribution in [2.75, 3.05) is 10.5 Å². The standard InChI is InChI=1S/C11H14N4O2S/c1-7-3-4-9(12)11(8(7)2)18(16,17)15-10-5-6-13-14-10/h3-6H,12H2,1-2H3,(H2,13,14,15). The summed E-state index contributed by atoms with van der Waals surface area (Å²) in [6, 6.07) is 4.91. The molecule has 7 heteroatoms. The van der Waals surface area contributed by atoms with Crippen molar-refractivity contribution >= 4 is 21.5 Å². The molecule has 6 nitrogen and oxygen atoms in total. The Bertz CT molecular complexity index is 663. The van der Waals surface area contributed by atoms with E-state index in [1.54, 1.807) is 19.1 Å². The lowest BCUT2D eigenvalue weighted by Gasteiger charge is -2.13. The van der Waals surface area contributed by atoms with E-state index < -0.39 is 10.0 Å². The fraction of sp³-hybridized carbons (Fsp3) is 0.182. The van der Waals surface area contributed by atoms with E-state index in [4.69, 9.17) is 5.73 Å².